The van der Waals surface area contributed by atoms with Crippen molar-refractivity contribution in [1.82, 2.24) is 0 Å². The Balaban J connectivity index is 2.77. The molecule has 0 fully saturated rings. The number of phenols is 1. The van der Waals surface area contributed by atoms with Gasteiger partial charge >= 0.3 is 5.69 Å². The van der Waals surface area contributed by atoms with Crippen LogP contribution in [0.25, 0.3) is 0 Å². The summed E-state index contributed by atoms with van der Waals surface area (Å²) in [7, 11) is 0. The largest absolute Gasteiger partial charge is 0.502 e. The van der Waals surface area contributed by atoms with Gasteiger partial charge in [-0.2, -0.15) is 0 Å². The highest BCUT2D eigenvalue weighted by atomic mass is 16.6. The van der Waals surface area contributed by atoms with Gasteiger partial charge in [0.25, 0.3) is 5.69 Å². The van der Waals surface area contributed by atoms with Gasteiger partial charge in [0.2, 0.25) is 5.75 Å². The Morgan fingerprint density at radius 2 is 1.54 bits per heavy atom. The number of rotatable bonds is 6. The Labute approximate surface area is 162 Å². The molecule has 0 unspecified atom stereocenters. The Kier molecular flexibility index (Phi) is 6.12. The number of nitro benzene ring substituents is 2. The van der Waals surface area contributed by atoms with Crippen LogP contribution in [0.5, 0.6) is 5.75 Å². The molecule has 0 amide bonds. The summed E-state index contributed by atoms with van der Waals surface area (Å²) < 4.78 is 0. The van der Waals surface area contributed by atoms with Gasteiger partial charge in [-0.05, 0) is 29.9 Å². The molecule has 0 radical (unpaired) electrons. The van der Waals surface area contributed by atoms with Crippen LogP contribution in [-0.4, -0.2) is 20.7 Å². The summed E-state index contributed by atoms with van der Waals surface area (Å²) in [6.45, 7) is 9.70. The fraction of sp³-hybridized carbons (Fsp3) is 0.350. The van der Waals surface area contributed by atoms with Gasteiger partial charge < -0.3 is 5.11 Å². The number of nitrogens with zero attached hydrogens (tertiary/aromatic N) is 3. The normalized spacial score (nSPS) is 11.9. The van der Waals surface area contributed by atoms with Crippen molar-refractivity contribution >= 4 is 22.8 Å². The summed E-state index contributed by atoms with van der Waals surface area (Å²) in [6.07, 6.45) is 0. The SMILES string of the molecule is CC(=Nc1c(C(C)C)cccc1C(C)C)c1cc([N+](=O)[O-])cc([N+](=O)[O-])c1O. The Morgan fingerprint density at radius 3 is 1.96 bits per heavy atom. The highest BCUT2D eigenvalue weighted by molar-refractivity contribution is 6.04. The van der Waals surface area contributed by atoms with Crippen molar-refractivity contribution in [2.75, 3.05) is 0 Å². The Hall–Kier alpha value is -3.29. The average molecular weight is 385 g/mol. The van der Waals surface area contributed by atoms with Crippen LogP contribution in [0.2, 0.25) is 0 Å². The van der Waals surface area contributed by atoms with Gasteiger partial charge in [-0.3, -0.25) is 25.2 Å². The molecule has 28 heavy (non-hydrogen) atoms. The van der Waals surface area contributed by atoms with Gasteiger partial charge in [0.1, 0.15) is 0 Å². The number of nitro groups is 2. The lowest BCUT2D eigenvalue weighted by molar-refractivity contribution is -0.394. The zero-order valence-electron chi connectivity index (χ0n) is 16.5. The molecule has 2 rings (SSSR count). The van der Waals surface area contributed by atoms with E-state index in [0.29, 0.717) is 0 Å². The first-order valence-electron chi connectivity index (χ1n) is 8.88. The molecule has 8 heteroatoms. The molecule has 0 heterocycles. The standard InChI is InChI=1S/C20H23N3O5/c1-11(2)15-7-6-8-16(12(3)4)19(15)21-13(5)17-9-14(22(25)26)10-18(20(17)24)23(27)28/h6-12,24H,1-5H3. The molecule has 2 aromatic rings. The van der Waals surface area contributed by atoms with E-state index in [2.05, 4.69) is 4.99 Å². The smallest absolute Gasteiger partial charge is 0.318 e. The molecule has 0 aliphatic carbocycles. The lowest BCUT2D eigenvalue weighted by atomic mass is 9.92. The van der Waals surface area contributed by atoms with E-state index in [4.69, 9.17) is 0 Å². The van der Waals surface area contributed by atoms with Crippen molar-refractivity contribution in [2.45, 2.75) is 46.5 Å². The van der Waals surface area contributed by atoms with Crippen LogP contribution in [0.15, 0.2) is 35.3 Å². The monoisotopic (exact) mass is 385 g/mol. The summed E-state index contributed by atoms with van der Waals surface area (Å²) in [5.41, 5.74) is 1.73. The fourth-order valence-electron chi connectivity index (χ4n) is 2.99. The van der Waals surface area contributed by atoms with Crippen molar-refractivity contribution in [3.63, 3.8) is 0 Å². The molecule has 2 aromatic carbocycles. The molecular weight excluding hydrogens is 362 g/mol. The predicted molar refractivity (Wildman–Crippen MR) is 108 cm³/mol. The number of hydrogen-bond acceptors (Lipinski definition) is 6. The maximum atomic E-state index is 11.2. The van der Waals surface area contributed by atoms with Crippen molar-refractivity contribution in [2.24, 2.45) is 4.99 Å². The fourth-order valence-corrected chi connectivity index (χ4v) is 2.99. The Morgan fingerprint density at radius 1 is 1.00 bits per heavy atom. The van der Waals surface area contributed by atoms with Gasteiger partial charge in [0, 0.05) is 11.8 Å². The molecular formula is C20H23N3O5. The topological polar surface area (TPSA) is 119 Å². The number of aromatic hydroxyl groups is 1. The van der Waals surface area contributed by atoms with Crippen molar-refractivity contribution in [3.8, 4) is 5.75 Å². The molecule has 0 aliphatic rings. The second-order valence-electron chi connectivity index (χ2n) is 7.17. The summed E-state index contributed by atoms with van der Waals surface area (Å²) in [5, 5.41) is 32.7. The summed E-state index contributed by atoms with van der Waals surface area (Å²) in [5.74, 6) is -0.276. The highest BCUT2D eigenvalue weighted by Crippen LogP contribution is 2.38. The first-order valence-corrected chi connectivity index (χ1v) is 8.88. The van der Waals surface area contributed by atoms with Crippen LogP contribution in [0.1, 0.15) is 63.1 Å². The van der Waals surface area contributed by atoms with E-state index in [-0.39, 0.29) is 23.1 Å². The maximum Gasteiger partial charge on any atom is 0.318 e. The molecule has 0 bridgehead atoms. The van der Waals surface area contributed by atoms with Crippen LogP contribution >= 0.6 is 0 Å². The third-order valence-electron chi connectivity index (χ3n) is 4.49. The van der Waals surface area contributed by atoms with E-state index in [9.17, 15) is 25.3 Å². The molecule has 0 atom stereocenters. The van der Waals surface area contributed by atoms with E-state index in [1.165, 1.54) is 0 Å². The summed E-state index contributed by atoms with van der Waals surface area (Å²) in [6, 6.07) is 7.72. The van der Waals surface area contributed by atoms with E-state index < -0.39 is 27.0 Å². The zero-order valence-corrected chi connectivity index (χ0v) is 16.5. The van der Waals surface area contributed by atoms with E-state index in [1.807, 2.05) is 45.9 Å². The van der Waals surface area contributed by atoms with Crippen LogP contribution in [0, 0.1) is 20.2 Å². The first-order chi connectivity index (χ1) is 13.0. The number of phenolic OH excluding ortho intramolecular Hbond substituents is 1. The van der Waals surface area contributed by atoms with Gasteiger partial charge in [-0.15, -0.1) is 0 Å². The molecule has 0 saturated carbocycles. The minimum atomic E-state index is -0.847. The van der Waals surface area contributed by atoms with Crippen LogP contribution in [-0.2, 0) is 0 Å². The van der Waals surface area contributed by atoms with Gasteiger partial charge in [-0.1, -0.05) is 45.9 Å². The number of para-hydroxylation sites is 1. The molecule has 0 aromatic heterocycles. The van der Waals surface area contributed by atoms with E-state index in [1.54, 1.807) is 6.92 Å². The molecule has 0 aliphatic heterocycles. The van der Waals surface area contributed by atoms with Gasteiger partial charge in [-0.25, -0.2) is 0 Å². The van der Waals surface area contributed by atoms with Crippen molar-refractivity contribution in [1.29, 1.82) is 0 Å². The second-order valence-corrected chi connectivity index (χ2v) is 7.17. The molecule has 148 valence electrons. The Bertz CT molecular complexity index is 938. The quantitative estimate of drug-likeness (QED) is 0.394. The second kappa shape index (κ2) is 8.16. The van der Waals surface area contributed by atoms with Crippen LogP contribution in [0.4, 0.5) is 17.1 Å². The molecule has 1 N–H and O–H groups in total. The lowest BCUT2D eigenvalue weighted by Crippen LogP contribution is -2.03. The minimum absolute atomic E-state index is 0.0332. The third-order valence-corrected chi connectivity index (χ3v) is 4.49. The van der Waals surface area contributed by atoms with E-state index in [0.717, 1.165) is 28.9 Å². The van der Waals surface area contributed by atoms with Crippen molar-refractivity contribution < 1.29 is 15.0 Å². The lowest BCUT2D eigenvalue weighted by Gasteiger charge is -2.17. The molecule has 0 spiro atoms. The average Bonchev–Trinajstić information content (AvgIpc) is 2.60. The molecule has 8 nitrogen and oxygen atoms in total. The number of non-ortho nitro benzene ring substituents is 1. The van der Waals surface area contributed by atoms with Crippen molar-refractivity contribution in [3.05, 3.63) is 67.3 Å². The van der Waals surface area contributed by atoms with Crippen LogP contribution in [0.3, 0.4) is 0 Å². The number of benzene rings is 2. The summed E-state index contributed by atoms with van der Waals surface area (Å²) in [4.78, 5) is 25.4. The molecule has 0 saturated heterocycles. The summed E-state index contributed by atoms with van der Waals surface area (Å²) >= 11 is 0. The number of aliphatic imine (C=N–C) groups is 1. The zero-order chi connectivity index (χ0) is 21.2. The van der Waals surface area contributed by atoms with E-state index >= 15 is 0 Å². The maximum absolute atomic E-state index is 11.2. The minimum Gasteiger partial charge on any atom is -0.502 e. The number of hydrogen-bond donors (Lipinski definition) is 1. The van der Waals surface area contributed by atoms with Gasteiger partial charge in [0.15, 0.2) is 0 Å². The highest BCUT2D eigenvalue weighted by Gasteiger charge is 2.25. The van der Waals surface area contributed by atoms with Crippen LogP contribution < -0.4 is 0 Å². The van der Waals surface area contributed by atoms with Gasteiger partial charge in [0.05, 0.1) is 27.2 Å². The predicted octanol–water partition coefficient (Wildman–Crippen LogP) is 5.60. The third kappa shape index (κ3) is 4.16. The first kappa shape index (κ1) is 21.0.